The molecular weight excluding hydrogens is 522 g/mol. The molecule has 3 atom stereocenters. The van der Waals surface area contributed by atoms with Gasteiger partial charge in [0, 0.05) is 42.5 Å². The number of rotatable bonds is 7. The number of ether oxygens (including phenoxy) is 1. The van der Waals surface area contributed by atoms with Crippen LogP contribution in [0.1, 0.15) is 51.2 Å². The molecule has 0 spiro atoms. The van der Waals surface area contributed by atoms with E-state index in [-0.39, 0.29) is 37.2 Å². The number of imide groups is 1. The minimum absolute atomic E-state index is 0.121. The van der Waals surface area contributed by atoms with Crippen LogP contribution in [0, 0.1) is 0 Å². The van der Waals surface area contributed by atoms with Gasteiger partial charge in [0.05, 0.1) is 12.6 Å². The fourth-order valence-corrected chi connectivity index (χ4v) is 5.65. The summed E-state index contributed by atoms with van der Waals surface area (Å²) in [5.41, 5.74) is 1.95. The van der Waals surface area contributed by atoms with Crippen molar-refractivity contribution in [2.24, 2.45) is 0 Å². The van der Waals surface area contributed by atoms with Crippen molar-refractivity contribution in [3.8, 4) is 0 Å². The number of carbonyl (C=O) groups excluding carboxylic acids is 4. The SMILES string of the molecule is CC(C)(C)OC(=O)N[C@@H](Cc1c[nH]c2ccccc12)C(=O)NC1CCCN2C(=O)N(Cc3ccccc3)C(=O)CC12. The third-order valence-corrected chi connectivity index (χ3v) is 7.56. The Kier molecular flexibility index (Phi) is 8.01. The lowest BCUT2D eigenvalue weighted by atomic mass is 9.91. The average Bonchev–Trinajstić information content (AvgIpc) is 3.33. The highest BCUT2D eigenvalue weighted by Crippen LogP contribution is 2.28. The number of fused-ring (bicyclic) bond motifs is 2. The molecule has 3 heterocycles. The van der Waals surface area contributed by atoms with Gasteiger partial charge in [-0.05, 0) is 50.8 Å². The smallest absolute Gasteiger partial charge is 0.408 e. The van der Waals surface area contributed by atoms with Gasteiger partial charge in [0.15, 0.2) is 0 Å². The molecule has 3 N–H and O–H groups in total. The van der Waals surface area contributed by atoms with Crippen LogP contribution < -0.4 is 10.6 Å². The predicted octanol–water partition coefficient (Wildman–Crippen LogP) is 4.11. The summed E-state index contributed by atoms with van der Waals surface area (Å²) in [6, 6.07) is 15.0. The number of H-pyrrole nitrogens is 1. The fourth-order valence-electron chi connectivity index (χ4n) is 5.65. The van der Waals surface area contributed by atoms with Crippen molar-refractivity contribution >= 4 is 34.8 Å². The van der Waals surface area contributed by atoms with Gasteiger partial charge in [-0.1, -0.05) is 48.5 Å². The molecule has 2 unspecified atom stereocenters. The molecule has 1 aromatic heterocycles. The Bertz CT molecular complexity index is 1430. The number of urea groups is 1. The van der Waals surface area contributed by atoms with Gasteiger partial charge in [0.2, 0.25) is 11.8 Å². The summed E-state index contributed by atoms with van der Waals surface area (Å²) in [6.45, 7) is 6.01. The Labute approximate surface area is 239 Å². The maximum Gasteiger partial charge on any atom is 0.408 e. The van der Waals surface area contributed by atoms with Crippen LogP contribution >= 0.6 is 0 Å². The number of nitrogens with one attached hydrogen (secondary N) is 3. The van der Waals surface area contributed by atoms with Crippen LogP contribution in [0.25, 0.3) is 10.9 Å². The van der Waals surface area contributed by atoms with E-state index in [9.17, 15) is 19.2 Å². The Hall–Kier alpha value is -4.34. The van der Waals surface area contributed by atoms with E-state index in [1.807, 2.05) is 60.8 Å². The Morgan fingerprint density at radius 3 is 2.56 bits per heavy atom. The van der Waals surface area contributed by atoms with Crippen molar-refractivity contribution in [2.75, 3.05) is 6.54 Å². The molecule has 5 rings (SSSR count). The molecule has 2 fully saturated rings. The van der Waals surface area contributed by atoms with Gasteiger partial charge in [-0.25, -0.2) is 9.59 Å². The third-order valence-electron chi connectivity index (χ3n) is 7.56. The summed E-state index contributed by atoms with van der Waals surface area (Å²) in [5.74, 6) is -0.650. The van der Waals surface area contributed by atoms with Gasteiger partial charge in [-0.3, -0.25) is 14.5 Å². The summed E-state index contributed by atoms with van der Waals surface area (Å²) >= 11 is 0. The van der Waals surface area contributed by atoms with Crippen LogP contribution in [-0.4, -0.2) is 69.0 Å². The molecule has 5 amide bonds. The first-order chi connectivity index (χ1) is 19.6. The highest BCUT2D eigenvalue weighted by atomic mass is 16.6. The van der Waals surface area contributed by atoms with Gasteiger partial charge in [0.25, 0.3) is 0 Å². The second-order valence-electron chi connectivity index (χ2n) is 11.7. The minimum atomic E-state index is -0.927. The van der Waals surface area contributed by atoms with Gasteiger partial charge in [-0.15, -0.1) is 0 Å². The summed E-state index contributed by atoms with van der Waals surface area (Å²) in [5, 5.41) is 6.78. The molecule has 10 heteroatoms. The quantitative estimate of drug-likeness (QED) is 0.402. The number of aromatic nitrogens is 1. The van der Waals surface area contributed by atoms with Crippen LogP contribution in [0.3, 0.4) is 0 Å². The van der Waals surface area contributed by atoms with Gasteiger partial charge in [-0.2, -0.15) is 0 Å². The third kappa shape index (κ3) is 6.53. The van der Waals surface area contributed by atoms with Gasteiger partial charge in [0.1, 0.15) is 11.6 Å². The number of amides is 5. The topological polar surface area (TPSA) is 124 Å². The van der Waals surface area contributed by atoms with E-state index in [1.165, 1.54) is 4.90 Å². The molecule has 0 bridgehead atoms. The molecule has 10 nitrogen and oxygen atoms in total. The summed E-state index contributed by atoms with van der Waals surface area (Å²) in [7, 11) is 0. The summed E-state index contributed by atoms with van der Waals surface area (Å²) < 4.78 is 5.45. The Morgan fingerprint density at radius 1 is 1.07 bits per heavy atom. The molecule has 2 aliphatic heterocycles. The monoisotopic (exact) mass is 559 g/mol. The lowest BCUT2D eigenvalue weighted by molar-refractivity contribution is -0.135. The standard InChI is InChI=1S/C31H37N5O5/c1-31(2,3)41-29(39)34-25(16-21-18-32-23-13-8-7-12-22(21)23)28(38)33-24-14-9-15-35-26(24)17-27(37)36(30(35)40)19-20-10-5-4-6-11-20/h4-8,10-13,18,24-26,32H,9,14-17,19H2,1-3H3,(H,33,38)(H,34,39)/t24?,25-,26?/m0/s1. The average molecular weight is 560 g/mol. The fraction of sp³-hybridized carbons (Fsp3) is 0.419. The molecular formula is C31H37N5O5. The second-order valence-corrected chi connectivity index (χ2v) is 11.7. The molecule has 2 aliphatic rings. The van der Waals surface area contributed by atoms with Crippen molar-refractivity contribution in [2.45, 2.75) is 76.7 Å². The normalized spacial score (nSPS) is 20.0. The first-order valence-electron chi connectivity index (χ1n) is 14.1. The zero-order valence-corrected chi connectivity index (χ0v) is 23.7. The second kappa shape index (κ2) is 11.6. The first kappa shape index (κ1) is 28.2. The number of hydrogen-bond donors (Lipinski definition) is 3. The number of alkyl carbamates (subject to hydrolysis) is 1. The number of nitrogens with zero attached hydrogens (tertiary/aromatic N) is 2. The van der Waals surface area contributed by atoms with Crippen molar-refractivity contribution in [1.82, 2.24) is 25.4 Å². The predicted molar refractivity (Wildman–Crippen MR) is 154 cm³/mol. The highest BCUT2D eigenvalue weighted by molar-refractivity contribution is 5.97. The number of aromatic amines is 1. The minimum Gasteiger partial charge on any atom is -0.444 e. The van der Waals surface area contributed by atoms with Crippen LogP contribution in [0.2, 0.25) is 0 Å². The maximum absolute atomic E-state index is 13.7. The Balaban J connectivity index is 1.32. The van der Waals surface area contributed by atoms with Crippen molar-refractivity contribution in [3.05, 3.63) is 71.9 Å². The van der Waals surface area contributed by atoms with Gasteiger partial charge < -0.3 is 25.3 Å². The number of hydrogen-bond acceptors (Lipinski definition) is 5. The van der Waals surface area contributed by atoms with E-state index in [2.05, 4.69) is 15.6 Å². The molecule has 0 aliphatic carbocycles. The number of piperidine rings is 1. The molecule has 3 aromatic rings. The van der Waals surface area contributed by atoms with Crippen LogP contribution in [0.5, 0.6) is 0 Å². The lowest BCUT2D eigenvalue weighted by Gasteiger charge is -2.46. The molecule has 0 radical (unpaired) electrons. The van der Waals surface area contributed by atoms with E-state index >= 15 is 0 Å². The molecule has 0 saturated carbocycles. The maximum atomic E-state index is 13.7. The molecule has 41 heavy (non-hydrogen) atoms. The first-order valence-corrected chi connectivity index (χ1v) is 14.1. The highest BCUT2D eigenvalue weighted by Gasteiger charge is 2.45. The van der Waals surface area contributed by atoms with Crippen LogP contribution in [-0.2, 0) is 27.3 Å². The molecule has 2 aromatic carbocycles. The zero-order chi connectivity index (χ0) is 29.1. The van der Waals surface area contributed by atoms with Gasteiger partial charge >= 0.3 is 12.1 Å². The number of para-hydroxylation sites is 1. The summed E-state index contributed by atoms with van der Waals surface area (Å²) in [4.78, 5) is 59.2. The Morgan fingerprint density at radius 2 is 1.80 bits per heavy atom. The van der Waals surface area contributed by atoms with Crippen LogP contribution in [0.15, 0.2) is 60.8 Å². The van der Waals surface area contributed by atoms with Crippen molar-refractivity contribution in [3.63, 3.8) is 0 Å². The largest absolute Gasteiger partial charge is 0.444 e. The van der Waals surface area contributed by atoms with E-state index in [0.717, 1.165) is 22.0 Å². The van der Waals surface area contributed by atoms with Crippen molar-refractivity contribution < 1.29 is 23.9 Å². The molecule has 216 valence electrons. The van der Waals surface area contributed by atoms with E-state index < -0.39 is 29.8 Å². The van der Waals surface area contributed by atoms with Crippen molar-refractivity contribution in [1.29, 1.82) is 0 Å². The zero-order valence-electron chi connectivity index (χ0n) is 23.7. The van der Waals surface area contributed by atoms with E-state index in [0.29, 0.717) is 19.4 Å². The van der Waals surface area contributed by atoms with E-state index in [4.69, 9.17) is 4.74 Å². The lowest BCUT2D eigenvalue weighted by Crippen LogP contribution is -2.66. The number of benzene rings is 2. The number of carbonyl (C=O) groups is 4. The summed E-state index contributed by atoms with van der Waals surface area (Å²) in [6.07, 6.45) is 2.81. The molecule has 2 saturated heterocycles. The van der Waals surface area contributed by atoms with E-state index in [1.54, 1.807) is 25.7 Å². The van der Waals surface area contributed by atoms with Crippen LogP contribution in [0.4, 0.5) is 9.59 Å².